The minimum Gasteiger partial charge on any atom is -0.301 e. The first-order valence-corrected chi connectivity index (χ1v) is 12.2. The molecule has 154 valence electrons. The monoisotopic (exact) mass is 419 g/mol. The number of hydrogen-bond donors (Lipinski definition) is 1. The van der Waals surface area contributed by atoms with Crippen molar-refractivity contribution in [3.05, 3.63) is 0 Å². The third-order valence-electron chi connectivity index (χ3n) is 4.32. The predicted molar refractivity (Wildman–Crippen MR) is 121 cm³/mol. The Morgan fingerprint density at radius 2 is 1.82 bits per heavy atom. The molecule has 1 unspecified atom stereocenters. The molecule has 1 rings (SSSR count). The van der Waals surface area contributed by atoms with E-state index in [0.29, 0.717) is 11.6 Å². The molecule has 4 nitrogen and oxygen atoms in total. The van der Waals surface area contributed by atoms with Gasteiger partial charge in [-0.15, -0.1) is 16.6 Å². The number of nitrogens with one attached hydrogen (secondary N) is 1. The van der Waals surface area contributed by atoms with Gasteiger partial charge in [-0.1, -0.05) is 94.2 Å². The molecule has 0 fully saturated rings. The fraction of sp³-hybridized carbons (Fsp3) is 0.682. The van der Waals surface area contributed by atoms with Gasteiger partial charge in [-0.25, -0.2) is 0 Å². The van der Waals surface area contributed by atoms with Crippen molar-refractivity contribution >= 4 is 34.1 Å². The standard InChI is InChI=1S/C22H33N3OS2/c1-4-7-10-11-12-14-16-19(15-9-6-3)18-27-22-25-24-21(28-22)23-20(26)17-13-8-5-2/h3,19H,4-5,7-8,10-14,16-18H2,1-2H3,(H,23,24,26). The summed E-state index contributed by atoms with van der Waals surface area (Å²) in [6.07, 6.45) is 17.7. The van der Waals surface area contributed by atoms with Crippen molar-refractivity contribution in [1.29, 1.82) is 0 Å². The van der Waals surface area contributed by atoms with Gasteiger partial charge < -0.3 is 5.32 Å². The van der Waals surface area contributed by atoms with Crippen molar-refractivity contribution in [3.63, 3.8) is 0 Å². The molecule has 0 aliphatic heterocycles. The van der Waals surface area contributed by atoms with E-state index in [-0.39, 0.29) is 11.8 Å². The summed E-state index contributed by atoms with van der Waals surface area (Å²) >= 11 is 3.07. The van der Waals surface area contributed by atoms with E-state index < -0.39 is 0 Å². The van der Waals surface area contributed by atoms with Crippen LogP contribution in [0.5, 0.6) is 0 Å². The molecule has 28 heavy (non-hydrogen) atoms. The lowest BCUT2D eigenvalue weighted by atomic mass is 10.0. The van der Waals surface area contributed by atoms with E-state index in [9.17, 15) is 4.79 Å². The number of aromatic nitrogens is 2. The number of carbonyl (C=O) groups is 1. The molecular weight excluding hydrogens is 386 g/mol. The Balaban J connectivity index is 2.38. The van der Waals surface area contributed by atoms with E-state index >= 15 is 0 Å². The number of terminal acetylenes is 1. The second-order valence-electron chi connectivity index (χ2n) is 6.86. The SMILES string of the molecule is C#CC#CC(CCCCCCCC)CSc1nnc(NC(=O)CCCCC)s1. The number of amides is 1. The Labute approximate surface area is 179 Å². The van der Waals surface area contributed by atoms with Crippen LogP contribution in [0.15, 0.2) is 4.34 Å². The molecule has 0 radical (unpaired) electrons. The number of anilines is 1. The quantitative estimate of drug-likeness (QED) is 0.160. The number of rotatable bonds is 15. The Morgan fingerprint density at radius 1 is 1.11 bits per heavy atom. The van der Waals surface area contributed by atoms with Crippen LogP contribution in [0.1, 0.15) is 84.5 Å². The molecule has 1 atom stereocenters. The normalized spacial score (nSPS) is 11.3. The molecule has 1 N–H and O–H groups in total. The third-order valence-corrected chi connectivity index (χ3v) is 6.46. The van der Waals surface area contributed by atoms with Crippen LogP contribution in [0.2, 0.25) is 0 Å². The zero-order valence-electron chi connectivity index (χ0n) is 17.3. The fourth-order valence-corrected chi connectivity index (χ4v) is 4.58. The summed E-state index contributed by atoms with van der Waals surface area (Å²) in [5, 5.41) is 11.7. The molecule has 1 heterocycles. The Kier molecular flexibility index (Phi) is 14.4. The lowest BCUT2D eigenvalue weighted by molar-refractivity contribution is -0.116. The molecule has 0 bridgehead atoms. The van der Waals surface area contributed by atoms with E-state index in [1.54, 1.807) is 11.8 Å². The van der Waals surface area contributed by atoms with Crippen LogP contribution in [-0.2, 0) is 4.79 Å². The average Bonchev–Trinajstić information content (AvgIpc) is 3.13. The lowest BCUT2D eigenvalue weighted by Crippen LogP contribution is -2.10. The minimum absolute atomic E-state index is 0.0157. The Hall–Kier alpha value is -1.50. The topological polar surface area (TPSA) is 54.9 Å². The largest absolute Gasteiger partial charge is 0.301 e. The zero-order valence-corrected chi connectivity index (χ0v) is 18.9. The maximum Gasteiger partial charge on any atom is 0.226 e. The summed E-state index contributed by atoms with van der Waals surface area (Å²) in [6, 6.07) is 0. The molecule has 0 spiro atoms. The van der Waals surface area contributed by atoms with Crippen molar-refractivity contribution in [1.82, 2.24) is 10.2 Å². The van der Waals surface area contributed by atoms with E-state index in [2.05, 4.69) is 47.1 Å². The molecule has 0 saturated carbocycles. The van der Waals surface area contributed by atoms with Gasteiger partial charge in [0.2, 0.25) is 11.0 Å². The second kappa shape index (κ2) is 16.5. The number of carbonyl (C=O) groups excluding carboxylic acids is 1. The van der Waals surface area contributed by atoms with E-state index in [0.717, 1.165) is 35.8 Å². The highest BCUT2D eigenvalue weighted by molar-refractivity contribution is 8.01. The smallest absolute Gasteiger partial charge is 0.226 e. The zero-order chi connectivity index (χ0) is 20.5. The molecule has 1 aromatic heterocycles. The van der Waals surface area contributed by atoms with Gasteiger partial charge in [-0.3, -0.25) is 4.79 Å². The van der Waals surface area contributed by atoms with Crippen LogP contribution < -0.4 is 5.32 Å². The van der Waals surface area contributed by atoms with E-state index in [1.807, 2.05) is 0 Å². The second-order valence-corrected chi connectivity index (χ2v) is 9.10. The first kappa shape index (κ1) is 24.5. The van der Waals surface area contributed by atoms with Gasteiger partial charge in [0.15, 0.2) is 4.34 Å². The summed E-state index contributed by atoms with van der Waals surface area (Å²) in [5.74, 6) is 9.52. The summed E-state index contributed by atoms with van der Waals surface area (Å²) in [4.78, 5) is 11.9. The van der Waals surface area contributed by atoms with Crippen molar-refractivity contribution < 1.29 is 4.79 Å². The van der Waals surface area contributed by atoms with Gasteiger partial charge in [0.05, 0.1) is 0 Å². The van der Waals surface area contributed by atoms with Gasteiger partial charge in [0.1, 0.15) is 0 Å². The highest BCUT2D eigenvalue weighted by Gasteiger charge is 2.11. The molecule has 6 heteroatoms. The molecular formula is C22H33N3OS2. The van der Waals surface area contributed by atoms with Crippen molar-refractivity contribution in [3.8, 4) is 24.2 Å². The number of thioether (sulfide) groups is 1. The number of unbranched alkanes of at least 4 members (excludes halogenated alkanes) is 7. The van der Waals surface area contributed by atoms with Gasteiger partial charge in [0.25, 0.3) is 0 Å². The fourth-order valence-electron chi connectivity index (χ4n) is 2.72. The predicted octanol–water partition coefficient (Wildman–Crippen LogP) is 6.15. The van der Waals surface area contributed by atoms with Crippen LogP contribution in [-0.4, -0.2) is 21.9 Å². The van der Waals surface area contributed by atoms with Crippen molar-refractivity contribution in [2.24, 2.45) is 5.92 Å². The molecule has 0 saturated heterocycles. The summed E-state index contributed by atoms with van der Waals surface area (Å²) in [5.41, 5.74) is 0. The number of nitrogens with zero attached hydrogens (tertiary/aromatic N) is 2. The van der Waals surface area contributed by atoms with Gasteiger partial charge in [-0.05, 0) is 24.7 Å². The first-order chi connectivity index (χ1) is 13.7. The summed E-state index contributed by atoms with van der Waals surface area (Å²) < 4.78 is 0.860. The maximum absolute atomic E-state index is 11.9. The van der Waals surface area contributed by atoms with Crippen molar-refractivity contribution in [2.45, 2.75) is 88.8 Å². The lowest BCUT2D eigenvalue weighted by Gasteiger charge is -2.08. The molecule has 1 amide bonds. The highest BCUT2D eigenvalue weighted by Crippen LogP contribution is 2.28. The van der Waals surface area contributed by atoms with Gasteiger partial charge >= 0.3 is 0 Å². The highest BCUT2D eigenvalue weighted by atomic mass is 32.2. The maximum atomic E-state index is 11.9. The van der Waals surface area contributed by atoms with Crippen LogP contribution in [0.25, 0.3) is 0 Å². The third kappa shape index (κ3) is 12.1. The Bertz CT molecular complexity index is 655. The summed E-state index contributed by atoms with van der Waals surface area (Å²) in [7, 11) is 0. The van der Waals surface area contributed by atoms with E-state index in [4.69, 9.17) is 6.42 Å². The minimum atomic E-state index is 0.0157. The van der Waals surface area contributed by atoms with E-state index in [1.165, 1.54) is 49.9 Å². The molecule has 0 aliphatic rings. The Morgan fingerprint density at radius 3 is 2.57 bits per heavy atom. The van der Waals surface area contributed by atoms with Crippen LogP contribution in [0.3, 0.4) is 0 Å². The first-order valence-electron chi connectivity index (χ1n) is 10.4. The molecule has 1 aromatic rings. The molecule has 0 aliphatic carbocycles. The van der Waals surface area contributed by atoms with Crippen molar-refractivity contribution in [2.75, 3.05) is 11.1 Å². The number of hydrogen-bond acceptors (Lipinski definition) is 5. The van der Waals surface area contributed by atoms with Gasteiger partial charge in [-0.2, -0.15) is 0 Å². The average molecular weight is 420 g/mol. The van der Waals surface area contributed by atoms with Crippen LogP contribution in [0.4, 0.5) is 5.13 Å². The van der Waals surface area contributed by atoms with Gasteiger partial charge in [0, 0.05) is 18.1 Å². The molecule has 0 aromatic carbocycles. The summed E-state index contributed by atoms with van der Waals surface area (Å²) in [6.45, 7) is 4.36. The van der Waals surface area contributed by atoms with Crippen LogP contribution in [0, 0.1) is 30.1 Å². The van der Waals surface area contributed by atoms with Crippen LogP contribution >= 0.6 is 23.1 Å².